The summed E-state index contributed by atoms with van der Waals surface area (Å²) >= 11 is 0. The first-order valence-electron chi connectivity index (χ1n) is 8.57. The van der Waals surface area contributed by atoms with Crippen molar-refractivity contribution in [2.24, 2.45) is 5.92 Å². The van der Waals surface area contributed by atoms with Gasteiger partial charge < -0.3 is 5.32 Å². The highest BCUT2D eigenvalue weighted by atomic mass is 16.2. The van der Waals surface area contributed by atoms with Crippen molar-refractivity contribution in [2.45, 2.75) is 45.2 Å². The minimum atomic E-state index is -0.0781. The first-order valence-corrected chi connectivity index (χ1v) is 8.57. The van der Waals surface area contributed by atoms with E-state index in [1.807, 2.05) is 31.3 Å². The fraction of sp³-hybridized carbons (Fsp3) is 0.556. The summed E-state index contributed by atoms with van der Waals surface area (Å²) in [6.07, 6.45) is 5.45. The molecule has 0 saturated heterocycles. The van der Waals surface area contributed by atoms with Crippen LogP contribution in [0.5, 0.6) is 0 Å². The van der Waals surface area contributed by atoms with Crippen molar-refractivity contribution in [1.82, 2.24) is 14.5 Å². The molecule has 0 bridgehead atoms. The number of benzene rings is 1. The molecule has 3 rings (SSSR count). The van der Waals surface area contributed by atoms with E-state index in [9.17, 15) is 9.59 Å². The molecule has 0 atom stereocenters. The van der Waals surface area contributed by atoms with Crippen molar-refractivity contribution < 1.29 is 4.79 Å². The molecule has 5 nitrogen and oxygen atoms in total. The number of carbonyl (C=O) groups is 1. The Morgan fingerprint density at radius 1 is 1.13 bits per heavy atom. The predicted octanol–water partition coefficient (Wildman–Crippen LogP) is 2.17. The van der Waals surface area contributed by atoms with Crippen molar-refractivity contribution in [3.8, 4) is 0 Å². The van der Waals surface area contributed by atoms with Crippen molar-refractivity contribution in [3.63, 3.8) is 0 Å². The molecule has 0 spiro atoms. The number of hydrogen-bond donors (Lipinski definition) is 1. The Hall–Kier alpha value is -1.88. The molecule has 124 valence electrons. The number of para-hydroxylation sites is 2. The smallest absolute Gasteiger partial charge is 0.318 e. The van der Waals surface area contributed by atoms with E-state index in [-0.39, 0.29) is 23.9 Å². The molecular formula is C18H25N3O2. The van der Waals surface area contributed by atoms with Crippen LogP contribution in [0, 0.1) is 5.92 Å². The van der Waals surface area contributed by atoms with Gasteiger partial charge in [-0.1, -0.05) is 31.4 Å². The zero-order valence-corrected chi connectivity index (χ0v) is 13.8. The first kappa shape index (κ1) is 16.0. The molecule has 0 unspecified atom stereocenters. The number of aromatic nitrogens is 2. The van der Waals surface area contributed by atoms with Crippen LogP contribution in [-0.4, -0.2) is 28.5 Å². The lowest BCUT2D eigenvalue weighted by Crippen LogP contribution is -2.31. The minimum Gasteiger partial charge on any atom is -0.318 e. The first-order chi connectivity index (χ1) is 11.2. The third kappa shape index (κ3) is 3.24. The van der Waals surface area contributed by atoms with Gasteiger partial charge in [-0.3, -0.25) is 13.9 Å². The van der Waals surface area contributed by atoms with Gasteiger partial charge in [-0.05, 0) is 32.0 Å². The van der Waals surface area contributed by atoms with Crippen LogP contribution >= 0.6 is 0 Å². The topological polar surface area (TPSA) is 56.0 Å². The molecule has 23 heavy (non-hydrogen) atoms. The van der Waals surface area contributed by atoms with Gasteiger partial charge in [-0.2, -0.15) is 0 Å². The largest absolute Gasteiger partial charge is 0.329 e. The third-order valence-corrected chi connectivity index (χ3v) is 4.89. The molecule has 1 saturated carbocycles. The van der Waals surface area contributed by atoms with E-state index in [1.54, 1.807) is 9.13 Å². The molecule has 1 aliphatic carbocycles. The number of nitrogens with zero attached hydrogens (tertiary/aromatic N) is 2. The molecule has 0 radical (unpaired) electrons. The van der Waals surface area contributed by atoms with E-state index in [1.165, 1.54) is 6.42 Å². The van der Waals surface area contributed by atoms with Crippen molar-refractivity contribution in [3.05, 3.63) is 34.7 Å². The van der Waals surface area contributed by atoms with Gasteiger partial charge in [-0.15, -0.1) is 0 Å². The molecule has 2 aromatic rings. The Balaban J connectivity index is 1.92. The normalized spacial score (nSPS) is 16.0. The van der Waals surface area contributed by atoms with E-state index >= 15 is 0 Å². The van der Waals surface area contributed by atoms with Crippen LogP contribution in [0.25, 0.3) is 11.0 Å². The van der Waals surface area contributed by atoms with Gasteiger partial charge >= 0.3 is 5.69 Å². The van der Waals surface area contributed by atoms with E-state index < -0.39 is 0 Å². The van der Waals surface area contributed by atoms with Crippen LogP contribution in [0.2, 0.25) is 0 Å². The molecule has 1 aliphatic rings. The number of rotatable bonds is 6. The third-order valence-electron chi connectivity index (χ3n) is 4.89. The Morgan fingerprint density at radius 3 is 2.43 bits per heavy atom. The van der Waals surface area contributed by atoms with Gasteiger partial charge in [0.05, 0.1) is 17.6 Å². The van der Waals surface area contributed by atoms with Crippen LogP contribution in [0.3, 0.4) is 0 Å². The minimum absolute atomic E-state index is 0.0781. The summed E-state index contributed by atoms with van der Waals surface area (Å²) in [5, 5.41) is 3.07. The maximum atomic E-state index is 12.8. The van der Waals surface area contributed by atoms with Crippen LogP contribution in [0.4, 0.5) is 0 Å². The van der Waals surface area contributed by atoms with Crippen LogP contribution < -0.4 is 11.0 Å². The molecule has 0 amide bonds. The van der Waals surface area contributed by atoms with Crippen molar-refractivity contribution in [2.75, 3.05) is 13.6 Å². The van der Waals surface area contributed by atoms with E-state index in [2.05, 4.69) is 5.32 Å². The summed E-state index contributed by atoms with van der Waals surface area (Å²) in [5.74, 6) is 0.346. The summed E-state index contributed by atoms with van der Waals surface area (Å²) < 4.78 is 3.42. The zero-order valence-electron chi connectivity index (χ0n) is 13.8. The van der Waals surface area contributed by atoms with Crippen LogP contribution in [0.15, 0.2) is 29.1 Å². The number of nitrogens with one attached hydrogen (secondary N) is 1. The average molecular weight is 315 g/mol. The predicted molar refractivity (Wildman–Crippen MR) is 91.7 cm³/mol. The lowest BCUT2D eigenvalue weighted by molar-refractivity contribution is -0.124. The number of ketones is 1. The second kappa shape index (κ2) is 7.13. The average Bonchev–Trinajstić information content (AvgIpc) is 2.86. The van der Waals surface area contributed by atoms with Gasteiger partial charge in [0.25, 0.3) is 0 Å². The van der Waals surface area contributed by atoms with Crippen molar-refractivity contribution >= 4 is 16.8 Å². The zero-order chi connectivity index (χ0) is 16.2. The Morgan fingerprint density at radius 2 is 1.78 bits per heavy atom. The standard InChI is InChI=1S/C18H25N3O2/c1-19-11-12-20-15-9-5-6-10-16(15)21(18(20)23)13-17(22)14-7-3-2-4-8-14/h5-6,9-10,14,19H,2-4,7-8,11-13H2,1H3. The van der Waals surface area contributed by atoms with Gasteiger partial charge in [0.1, 0.15) is 0 Å². The molecule has 0 aliphatic heterocycles. The van der Waals surface area contributed by atoms with Gasteiger partial charge in [-0.25, -0.2) is 4.79 Å². The number of Topliss-reactive ketones (excluding diaryl/α,β-unsaturated/α-hetero) is 1. The molecule has 1 aromatic carbocycles. The van der Waals surface area contributed by atoms with Crippen LogP contribution in [0.1, 0.15) is 32.1 Å². The lowest BCUT2D eigenvalue weighted by Gasteiger charge is -2.20. The molecule has 1 N–H and O–H groups in total. The van der Waals surface area contributed by atoms with E-state index in [4.69, 9.17) is 0 Å². The van der Waals surface area contributed by atoms with Gasteiger partial charge in [0.15, 0.2) is 5.78 Å². The number of imidazole rings is 1. The van der Waals surface area contributed by atoms with E-state index in [0.29, 0.717) is 6.54 Å². The Kier molecular flexibility index (Phi) is 4.96. The van der Waals surface area contributed by atoms with Gasteiger partial charge in [0, 0.05) is 19.0 Å². The SMILES string of the molecule is CNCCn1c(=O)n(CC(=O)C2CCCCC2)c2ccccc21. The molecular weight excluding hydrogens is 290 g/mol. The number of fused-ring (bicyclic) bond motifs is 1. The number of hydrogen-bond acceptors (Lipinski definition) is 3. The highest BCUT2D eigenvalue weighted by molar-refractivity contribution is 5.83. The summed E-state index contributed by atoms with van der Waals surface area (Å²) in [4.78, 5) is 25.4. The Labute approximate surface area is 136 Å². The fourth-order valence-electron chi connectivity index (χ4n) is 3.57. The highest BCUT2D eigenvalue weighted by Crippen LogP contribution is 2.25. The summed E-state index contributed by atoms with van der Waals surface area (Å²) in [7, 11) is 1.87. The highest BCUT2D eigenvalue weighted by Gasteiger charge is 2.23. The molecule has 5 heteroatoms. The second-order valence-corrected chi connectivity index (χ2v) is 6.41. The molecule has 1 heterocycles. The fourth-order valence-corrected chi connectivity index (χ4v) is 3.57. The maximum Gasteiger partial charge on any atom is 0.329 e. The summed E-state index contributed by atoms with van der Waals surface area (Å²) in [5.41, 5.74) is 1.69. The van der Waals surface area contributed by atoms with Crippen LogP contribution in [-0.2, 0) is 17.9 Å². The monoisotopic (exact) mass is 315 g/mol. The molecule has 1 fully saturated rings. The number of carbonyl (C=O) groups excluding carboxylic acids is 1. The van der Waals surface area contributed by atoms with E-state index in [0.717, 1.165) is 43.3 Å². The summed E-state index contributed by atoms with van der Waals surface area (Å²) in [6, 6.07) is 7.74. The maximum absolute atomic E-state index is 12.8. The molecule has 1 aromatic heterocycles. The van der Waals surface area contributed by atoms with Crippen molar-refractivity contribution in [1.29, 1.82) is 0 Å². The Bertz CT molecular complexity index is 738. The number of likely N-dealkylation sites (N-methyl/N-ethyl adjacent to an activating group) is 1. The summed E-state index contributed by atoms with van der Waals surface area (Å²) in [6.45, 7) is 1.54. The lowest BCUT2D eigenvalue weighted by atomic mass is 9.86. The second-order valence-electron chi connectivity index (χ2n) is 6.41. The van der Waals surface area contributed by atoms with Gasteiger partial charge in [0.2, 0.25) is 0 Å². The quantitative estimate of drug-likeness (QED) is 0.889.